The van der Waals surface area contributed by atoms with Gasteiger partial charge >= 0.3 is 0 Å². The Morgan fingerprint density at radius 2 is 1.92 bits per heavy atom. The molecule has 0 spiro atoms. The quantitative estimate of drug-likeness (QED) is 0.294. The number of rotatable bonds is 5. The highest BCUT2D eigenvalue weighted by molar-refractivity contribution is 7.99. The van der Waals surface area contributed by atoms with Crippen LogP contribution in [-0.2, 0) is 0 Å². The molecule has 0 amide bonds. The monoisotopic (exact) mass is 350 g/mol. The number of allylic oxidation sites excluding steroid dienone is 1. The molecular weight excluding hydrogens is 340 g/mol. The van der Waals surface area contributed by atoms with E-state index in [0.29, 0.717) is 27.1 Å². The van der Waals surface area contributed by atoms with Crippen molar-refractivity contribution >= 4 is 29.1 Å². The number of furan rings is 1. The van der Waals surface area contributed by atoms with Crippen LogP contribution >= 0.6 is 11.8 Å². The molecule has 122 valence electrons. The fourth-order valence-electron chi connectivity index (χ4n) is 1.98. The highest BCUT2D eigenvalue weighted by Crippen LogP contribution is 2.28. The Labute approximate surface area is 146 Å². The van der Waals surface area contributed by atoms with Crippen LogP contribution in [0.2, 0.25) is 0 Å². The van der Waals surface area contributed by atoms with Gasteiger partial charge in [-0.1, -0.05) is 0 Å². The average Bonchev–Trinajstić information content (AvgIpc) is 3.07. The molecule has 0 aliphatic carbocycles. The van der Waals surface area contributed by atoms with Gasteiger partial charge in [-0.2, -0.15) is 5.26 Å². The molecule has 7 nitrogen and oxygen atoms in total. The maximum absolute atomic E-state index is 10.7. The van der Waals surface area contributed by atoms with E-state index in [1.165, 1.54) is 36.0 Å². The summed E-state index contributed by atoms with van der Waals surface area (Å²) in [6.07, 6.45) is 4.86. The van der Waals surface area contributed by atoms with Crippen LogP contribution in [0.4, 0.5) is 5.69 Å². The van der Waals surface area contributed by atoms with Crippen molar-refractivity contribution in [2.75, 3.05) is 0 Å². The number of non-ortho nitro benzene ring substituents is 1. The van der Waals surface area contributed by atoms with Crippen molar-refractivity contribution in [3.05, 3.63) is 76.3 Å². The molecule has 1 aromatic carbocycles. The van der Waals surface area contributed by atoms with Gasteiger partial charge < -0.3 is 4.42 Å². The molecule has 0 aliphatic rings. The van der Waals surface area contributed by atoms with Crippen LogP contribution in [0.5, 0.6) is 0 Å². The van der Waals surface area contributed by atoms with E-state index < -0.39 is 4.92 Å². The fraction of sp³-hybridized carbons (Fsp3) is 0. The fourth-order valence-corrected chi connectivity index (χ4v) is 2.66. The summed E-state index contributed by atoms with van der Waals surface area (Å²) in [5.41, 5.74) is 0.891. The van der Waals surface area contributed by atoms with Gasteiger partial charge in [0.1, 0.15) is 5.76 Å². The second kappa shape index (κ2) is 7.42. The summed E-state index contributed by atoms with van der Waals surface area (Å²) < 4.78 is 5.65. The minimum absolute atomic E-state index is 0.0272. The Balaban J connectivity index is 1.81. The number of hydrogen-bond donors (Lipinski definition) is 0. The Kier molecular flexibility index (Phi) is 4.87. The van der Waals surface area contributed by atoms with Gasteiger partial charge in [0.05, 0.1) is 16.6 Å². The average molecular weight is 350 g/mol. The first kappa shape index (κ1) is 16.4. The Bertz CT molecular complexity index is 960. The molecule has 0 radical (unpaired) electrons. The molecule has 0 bridgehead atoms. The molecule has 3 aromatic rings. The summed E-state index contributed by atoms with van der Waals surface area (Å²) in [6.45, 7) is 0. The summed E-state index contributed by atoms with van der Waals surface area (Å²) in [7, 11) is 0. The number of nitro benzene ring substituents is 1. The molecule has 0 saturated heterocycles. The molecule has 0 atom stereocenters. The zero-order chi connectivity index (χ0) is 17.6. The number of benzene rings is 1. The van der Waals surface area contributed by atoms with Gasteiger partial charge in [-0.25, -0.2) is 9.97 Å². The number of hydrogen-bond acceptors (Lipinski definition) is 7. The molecule has 0 saturated carbocycles. The molecule has 0 unspecified atom stereocenters. The first-order valence-corrected chi connectivity index (χ1v) is 7.89. The second-order valence-corrected chi connectivity index (χ2v) is 5.74. The largest absolute Gasteiger partial charge is 0.450 e. The number of nitrogens with zero attached hydrogens (tertiary/aromatic N) is 4. The third kappa shape index (κ3) is 4.10. The van der Waals surface area contributed by atoms with Gasteiger partial charge in [0.15, 0.2) is 10.2 Å². The van der Waals surface area contributed by atoms with E-state index >= 15 is 0 Å². The summed E-state index contributed by atoms with van der Waals surface area (Å²) >= 11 is 1.27. The third-order valence-corrected chi connectivity index (χ3v) is 3.95. The molecule has 8 heteroatoms. The lowest BCUT2D eigenvalue weighted by Crippen LogP contribution is -1.88. The summed E-state index contributed by atoms with van der Waals surface area (Å²) in [5.74, 6) is 0.494. The van der Waals surface area contributed by atoms with Crippen molar-refractivity contribution in [3.8, 4) is 6.07 Å². The minimum Gasteiger partial charge on any atom is -0.450 e. The van der Waals surface area contributed by atoms with Gasteiger partial charge in [0.25, 0.3) is 5.69 Å². The van der Waals surface area contributed by atoms with E-state index in [1.807, 2.05) is 0 Å². The molecule has 0 fully saturated rings. The molecule has 3 rings (SSSR count). The van der Waals surface area contributed by atoms with Gasteiger partial charge in [0, 0.05) is 24.5 Å². The molecule has 0 aliphatic heterocycles. The molecule has 2 heterocycles. The van der Waals surface area contributed by atoms with Crippen LogP contribution in [0.15, 0.2) is 69.5 Å². The lowest BCUT2D eigenvalue weighted by Gasteiger charge is -1.98. The van der Waals surface area contributed by atoms with Gasteiger partial charge in [-0.3, -0.25) is 10.1 Å². The van der Waals surface area contributed by atoms with Crippen LogP contribution in [-0.4, -0.2) is 14.9 Å². The Hall–Kier alpha value is -3.44. The molecule has 25 heavy (non-hydrogen) atoms. The van der Waals surface area contributed by atoms with Crippen molar-refractivity contribution in [3.63, 3.8) is 0 Å². The van der Waals surface area contributed by atoms with Crippen molar-refractivity contribution in [2.24, 2.45) is 0 Å². The zero-order valence-electron chi connectivity index (χ0n) is 12.7. The van der Waals surface area contributed by atoms with Crippen LogP contribution in [0.25, 0.3) is 11.6 Å². The Morgan fingerprint density at radius 1 is 1.20 bits per heavy atom. The first-order valence-electron chi connectivity index (χ1n) is 7.07. The van der Waals surface area contributed by atoms with Crippen LogP contribution in [0.1, 0.15) is 11.3 Å². The summed E-state index contributed by atoms with van der Waals surface area (Å²) in [6, 6.07) is 13.1. The smallest absolute Gasteiger partial charge is 0.269 e. The summed E-state index contributed by atoms with van der Waals surface area (Å²) in [4.78, 5) is 18.4. The number of aromatic nitrogens is 2. The van der Waals surface area contributed by atoms with E-state index in [-0.39, 0.29) is 5.69 Å². The normalized spacial score (nSPS) is 11.1. The SMILES string of the molecule is N#C/C(=C\c1ccc(Sc2ncccn2)o1)c1ccc([N+](=O)[O-])cc1. The number of nitro groups is 1. The topological polar surface area (TPSA) is 106 Å². The summed E-state index contributed by atoms with van der Waals surface area (Å²) in [5, 5.41) is 21.2. The van der Waals surface area contributed by atoms with E-state index in [2.05, 4.69) is 16.0 Å². The van der Waals surface area contributed by atoms with Crippen LogP contribution < -0.4 is 0 Å². The lowest BCUT2D eigenvalue weighted by atomic mass is 10.1. The predicted molar refractivity (Wildman–Crippen MR) is 91.4 cm³/mol. The van der Waals surface area contributed by atoms with Crippen LogP contribution in [0, 0.1) is 21.4 Å². The van der Waals surface area contributed by atoms with E-state index in [0.717, 1.165) is 0 Å². The van der Waals surface area contributed by atoms with Gasteiger partial charge in [-0.15, -0.1) is 0 Å². The van der Waals surface area contributed by atoms with Crippen molar-refractivity contribution in [2.45, 2.75) is 10.2 Å². The minimum atomic E-state index is -0.485. The highest BCUT2D eigenvalue weighted by atomic mass is 32.2. The third-order valence-electron chi connectivity index (χ3n) is 3.13. The van der Waals surface area contributed by atoms with E-state index in [4.69, 9.17) is 4.42 Å². The maximum atomic E-state index is 10.7. The van der Waals surface area contributed by atoms with E-state index in [9.17, 15) is 15.4 Å². The predicted octanol–water partition coefficient (Wildman–Crippen LogP) is 4.19. The van der Waals surface area contributed by atoms with Gasteiger partial charge in [0.2, 0.25) is 0 Å². The second-order valence-electron chi connectivity index (χ2n) is 4.76. The van der Waals surface area contributed by atoms with Crippen molar-refractivity contribution in [1.29, 1.82) is 5.26 Å². The molecular formula is C17H10N4O3S. The van der Waals surface area contributed by atoms with Crippen molar-refractivity contribution < 1.29 is 9.34 Å². The van der Waals surface area contributed by atoms with Gasteiger partial charge in [-0.05, 0) is 53.7 Å². The standard InChI is InChI=1S/C17H10N4O3S/c18-11-13(12-2-4-14(5-3-12)21(22)23)10-15-6-7-16(24-15)25-17-19-8-1-9-20-17/h1-10H/b13-10+. The lowest BCUT2D eigenvalue weighted by molar-refractivity contribution is -0.384. The Morgan fingerprint density at radius 3 is 2.56 bits per heavy atom. The van der Waals surface area contributed by atoms with Crippen LogP contribution in [0.3, 0.4) is 0 Å². The first-order chi connectivity index (χ1) is 12.2. The van der Waals surface area contributed by atoms with Crippen molar-refractivity contribution in [1.82, 2.24) is 9.97 Å². The van der Waals surface area contributed by atoms with E-state index in [1.54, 1.807) is 36.7 Å². The highest BCUT2D eigenvalue weighted by Gasteiger charge is 2.09. The molecule has 0 N–H and O–H groups in total. The molecule has 2 aromatic heterocycles. The zero-order valence-corrected chi connectivity index (χ0v) is 13.5. The number of nitriles is 1. The maximum Gasteiger partial charge on any atom is 0.269 e.